The Labute approximate surface area is 233 Å². The molecule has 0 saturated heterocycles. The second-order valence-electron chi connectivity index (χ2n) is 8.97. The SMILES string of the molecule is CCOc1cc(C=NNC(=O)C(NC(=O)c2ccc(Cl)cc2Cl)C(C)C)ccc1OCc1ccc(C)cc1. The summed E-state index contributed by atoms with van der Waals surface area (Å²) in [5.41, 5.74) is 5.67. The third kappa shape index (κ3) is 8.23. The molecule has 0 spiro atoms. The molecule has 200 valence electrons. The smallest absolute Gasteiger partial charge is 0.262 e. The lowest BCUT2D eigenvalue weighted by Crippen LogP contribution is -2.48. The Morgan fingerprint density at radius 1 is 0.974 bits per heavy atom. The lowest BCUT2D eigenvalue weighted by Gasteiger charge is -2.20. The van der Waals surface area contributed by atoms with Crippen molar-refractivity contribution in [3.05, 3.63) is 93.0 Å². The van der Waals surface area contributed by atoms with E-state index in [1.165, 1.54) is 23.9 Å². The summed E-state index contributed by atoms with van der Waals surface area (Å²) in [5, 5.41) is 7.40. The molecule has 0 fully saturated rings. The van der Waals surface area contributed by atoms with Gasteiger partial charge in [0.2, 0.25) is 0 Å². The summed E-state index contributed by atoms with van der Waals surface area (Å²) < 4.78 is 11.7. The van der Waals surface area contributed by atoms with Crippen LogP contribution in [0, 0.1) is 12.8 Å². The second kappa shape index (κ2) is 13.8. The molecular weight excluding hydrogens is 525 g/mol. The van der Waals surface area contributed by atoms with Crippen molar-refractivity contribution in [2.75, 3.05) is 6.61 Å². The lowest BCUT2D eigenvalue weighted by molar-refractivity contribution is -0.123. The van der Waals surface area contributed by atoms with Gasteiger partial charge in [-0.25, -0.2) is 5.43 Å². The molecule has 0 heterocycles. The Morgan fingerprint density at radius 2 is 1.71 bits per heavy atom. The molecule has 7 nitrogen and oxygen atoms in total. The van der Waals surface area contributed by atoms with Gasteiger partial charge in [-0.3, -0.25) is 9.59 Å². The van der Waals surface area contributed by atoms with E-state index in [2.05, 4.69) is 15.8 Å². The quantitative estimate of drug-likeness (QED) is 0.218. The Hall–Kier alpha value is -3.55. The molecule has 0 radical (unpaired) electrons. The van der Waals surface area contributed by atoms with Crippen molar-refractivity contribution < 1.29 is 19.1 Å². The van der Waals surface area contributed by atoms with Gasteiger partial charge in [-0.15, -0.1) is 0 Å². The van der Waals surface area contributed by atoms with E-state index in [1.54, 1.807) is 18.2 Å². The van der Waals surface area contributed by atoms with Crippen LogP contribution in [0.2, 0.25) is 10.0 Å². The van der Waals surface area contributed by atoms with Gasteiger partial charge in [0.05, 0.1) is 23.4 Å². The monoisotopic (exact) mass is 555 g/mol. The largest absolute Gasteiger partial charge is 0.490 e. The number of nitrogens with zero attached hydrogens (tertiary/aromatic N) is 1. The van der Waals surface area contributed by atoms with Gasteiger partial charge in [0.1, 0.15) is 12.6 Å². The predicted molar refractivity (Wildman–Crippen MR) is 151 cm³/mol. The van der Waals surface area contributed by atoms with Gasteiger partial charge in [0.15, 0.2) is 11.5 Å². The molecule has 0 aliphatic carbocycles. The number of amides is 2. The molecule has 0 aliphatic rings. The van der Waals surface area contributed by atoms with Gasteiger partial charge in [-0.2, -0.15) is 5.10 Å². The van der Waals surface area contributed by atoms with Crippen LogP contribution in [-0.2, 0) is 11.4 Å². The molecule has 3 aromatic rings. The number of ether oxygens (including phenoxy) is 2. The minimum absolute atomic E-state index is 0.199. The van der Waals surface area contributed by atoms with Crippen LogP contribution in [0.3, 0.4) is 0 Å². The zero-order chi connectivity index (χ0) is 27.7. The van der Waals surface area contributed by atoms with Gasteiger partial charge >= 0.3 is 0 Å². The van der Waals surface area contributed by atoms with Crippen molar-refractivity contribution >= 4 is 41.2 Å². The zero-order valence-electron chi connectivity index (χ0n) is 21.8. The maximum Gasteiger partial charge on any atom is 0.262 e. The highest BCUT2D eigenvalue weighted by Gasteiger charge is 2.25. The number of halogens is 2. The van der Waals surface area contributed by atoms with Crippen molar-refractivity contribution in [2.45, 2.75) is 40.3 Å². The lowest BCUT2D eigenvalue weighted by atomic mass is 10.0. The van der Waals surface area contributed by atoms with Gasteiger partial charge in [0, 0.05) is 5.02 Å². The highest BCUT2D eigenvalue weighted by molar-refractivity contribution is 6.36. The summed E-state index contributed by atoms with van der Waals surface area (Å²) in [6.45, 7) is 8.45. The number of hydrazone groups is 1. The van der Waals surface area contributed by atoms with Crippen molar-refractivity contribution in [1.82, 2.24) is 10.7 Å². The van der Waals surface area contributed by atoms with Gasteiger partial charge in [-0.1, -0.05) is 66.9 Å². The third-order valence-corrected chi connectivity index (χ3v) is 6.13. The van der Waals surface area contributed by atoms with Gasteiger partial charge in [-0.05, 0) is 67.3 Å². The van der Waals surface area contributed by atoms with Crippen LogP contribution >= 0.6 is 23.2 Å². The topological polar surface area (TPSA) is 89.0 Å². The molecule has 0 aliphatic heterocycles. The average Bonchev–Trinajstić information content (AvgIpc) is 2.87. The van der Waals surface area contributed by atoms with E-state index in [-0.39, 0.29) is 16.5 Å². The van der Waals surface area contributed by atoms with E-state index in [4.69, 9.17) is 32.7 Å². The maximum absolute atomic E-state index is 12.8. The maximum atomic E-state index is 12.8. The highest BCUT2D eigenvalue weighted by atomic mass is 35.5. The van der Waals surface area contributed by atoms with Crippen molar-refractivity contribution in [3.63, 3.8) is 0 Å². The number of carbonyl (C=O) groups excluding carboxylic acids is 2. The average molecular weight is 556 g/mol. The predicted octanol–water partition coefficient (Wildman–Crippen LogP) is 6.18. The summed E-state index contributed by atoms with van der Waals surface area (Å²) >= 11 is 12.0. The van der Waals surface area contributed by atoms with Crippen LogP contribution in [0.4, 0.5) is 0 Å². The third-order valence-electron chi connectivity index (χ3n) is 5.58. The van der Waals surface area contributed by atoms with Crippen LogP contribution in [0.25, 0.3) is 0 Å². The molecule has 3 rings (SSSR count). The number of nitrogens with one attached hydrogen (secondary N) is 2. The molecule has 0 saturated carbocycles. The molecule has 0 aromatic heterocycles. The first-order valence-electron chi connectivity index (χ1n) is 12.2. The van der Waals surface area contributed by atoms with Crippen LogP contribution in [0.15, 0.2) is 65.8 Å². The summed E-state index contributed by atoms with van der Waals surface area (Å²) in [5.74, 6) is 0.0405. The summed E-state index contributed by atoms with van der Waals surface area (Å²) in [6, 6.07) is 17.2. The van der Waals surface area contributed by atoms with E-state index in [0.717, 1.165) is 5.56 Å². The fraction of sp³-hybridized carbons (Fsp3) is 0.276. The molecule has 9 heteroatoms. The number of aryl methyl sites for hydroxylation is 1. The summed E-state index contributed by atoms with van der Waals surface area (Å²) in [7, 11) is 0. The Balaban J connectivity index is 1.64. The van der Waals surface area contributed by atoms with E-state index >= 15 is 0 Å². The molecule has 2 N–H and O–H groups in total. The first-order chi connectivity index (χ1) is 18.2. The Morgan fingerprint density at radius 3 is 2.37 bits per heavy atom. The number of carbonyl (C=O) groups is 2. The first kappa shape index (κ1) is 29.0. The number of hydrogen-bond donors (Lipinski definition) is 2. The minimum Gasteiger partial charge on any atom is -0.490 e. The minimum atomic E-state index is -0.831. The van der Waals surface area contributed by atoms with Crippen LogP contribution in [0.1, 0.15) is 47.8 Å². The second-order valence-corrected chi connectivity index (χ2v) is 9.81. The van der Waals surface area contributed by atoms with Gasteiger partial charge in [0.25, 0.3) is 11.8 Å². The molecule has 1 unspecified atom stereocenters. The van der Waals surface area contributed by atoms with Gasteiger partial charge < -0.3 is 14.8 Å². The molecule has 0 bridgehead atoms. The van der Waals surface area contributed by atoms with Crippen LogP contribution < -0.4 is 20.2 Å². The van der Waals surface area contributed by atoms with Crippen molar-refractivity contribution in [1.29, 1.82) is 0 Å². The van der Waals surface area contributed by atoms with E-state index < -0.39 is 17.9 Å². The fourth-order valence-electron chi connectivity index (χ4n) is 3.51. The number of benzene rings is 3. The van der Waals surface area contributed by atoms with E-state index in [1.807, 2.05) is 58.0 Å². The van der Waals surface area contributed by atoms with Crippen molar-refractivity contribution in [2.24, 2.45) is 11.0 Å². The fourth-order valence-corrected chi connectivity index (χ4v) is 4.00. The molecular formula is C29H31Cl2N3O4. The van der Waals surface area contributed by atoms with E-state index in [0.29, 0.717) is 35.3 Å². The first-order valence-corrected chi connectivity index (χ1v) is 13.0. The normalized spacial score (nSPS) is 11.9. The Bertz CT molecular complexity index is 1290. The number of hydrogen-bond acceptors (Lipinski definition) is 5. The number of rotatable bonds is 11. The summed E-state index contributed by atoms with van der Waals surface area (Å²) in [4.78, 5) is 25.5. The standard InChI is InChI=1S/C29H31Cl2N3O4/c1-5-37-26-14-21(10-13-25(26)38-17-20-8-6-19(4)7-9-20)16-32-34-29(36)27(18(2)3)33-28(35)23-12-11-22(30)15-24(23)31/h6-16,18,27H,5,17H2,1-4H3,(H,33,35)(H,34,36). The molecule has 1 atom stereocenters. The molecule has 3 aromatic carbocycles. The molecule has 2 amide bonds. The van der Waals surface area contributed by atoms with Crippen molar-refractivity contribution in [3.8, 4) is 11.5 Å². The zero-order valence-corrected chi connectivity index (χ0v) is 23.3. The summed E-state index contributed by atoms with van der Waals surface area (Å²) in [6.07, 6.45) is 1.50. The molecule has 38 heavy (non-hydrogen) atoms. The highest BCUT2D eigenvalue weighted by Crippen LogP contribution is 2.29. The van der Waals surface area contributed by atoms with Crippen LogP contribution in [-0.4, -0.2) is 30.7 Å². The van der Waals surface area contributed by atoms with Crippen LogP contribution in [0.5, 0.6) is 11.5 Å². The Kier molecular flexibility index (Phi) is 10.6. The van der Waals surface area contributed by atoms with E-state index in [9.17, 15) is 9.59 Å².